The summed E-state index contributed by atoms with van der Waals surface area (Å²) in [7, 11) is 2.16. The highest BCUT2D eigenvalue weighted by Gasteiger charge is 2.31. The molecule has 1 saturated heterocycles. The van der Waals surface area contributed by atoms with Crippen LogP contribution in [0.1, 0.15) is 39.5 Å². The summed E-state index contributed by atoms with van der Waals surface area (Å²) < 4.78 is 0. The van der Waals surface area contributed by atoms with Gasteiger partial charge in [0.15, 0.2) is 0 Å². The average Bonchev–Trinajstić information content (AvgIpc) is 2.34. The van der Waals surface area contributed by atoms with E-state index in [0.717, 1.165) is 13.1 Å². The zero-order valence-electron chi connectivity index (χ0n) is 11.8. The van der Waals surface area contributed by atoms with Gasteiger partial charge in [-0.2, -0.15) is 5.26 Å². The van der Waals surface area contributed by atoms with Crippen LogP contribution in [0.2, 0.25) is 0 Å². The Morgan fingerprint density at radius 3 is 2.61 bits per heavy atom. The highest BCUT2D eigenvalue weighted by atomic mass is 16.1. The van der Waals surface area contributed by atoms with E-state index in [1.165, 1.54) is 12.8 Å². The number of likely N-dealkylation sites (tertiary alicyclic amines) is 1. The first-order valence-electron chi connectivity index (χ1n) is 6.78. The molecule has 1 rings (SSSR count). The average molecular weight is 251 g/mol. The van der Waals surface area contributed by atoms with E-state index in [4.69, 9.17) is 5.26 Å². The normalized spacial score (nSPS) is 18.3. The summed E-state index contributed by atoms with van der Waals surface area (Å²) in [6, 6.07) is 2.00. The molecular formula is C14H25N3O. The lowest BCUT2D eigenvalue weighted by molar-refractivity contribution is -0.121. The third-order valence-corrected chi connectivity index (χ3v) is 4.03. The zero-order chi connectivity index (χ0) is 13.6. The molecule has 1 aliphatic rings. The Morgan fingerprint density at radius 1 is 1.44 bits per heavy atom. The molecule has 0 aromatic carbocycles. The third kappa shape index (κ3) is 4.66. The number of nitrogens with zero attached hydrogens (tertiary/aromatic N) is 2. The molecular weight excluding hydrogens is 226 g/mol. The van der Waals surface area contributed by atoms with Crippen molar-refractivity contribution in [1.82, 2.24) is 10.2 Å². The smallest absolute Gasteiger partial charge is 0.221 e. The first-order valence-corrected chi connectivity index (χ1v) is 6.78. The molecule has 1 amide bonds. The van der Waals surface area contributed by atoms with Gasteiger partial charge >= 0.3 is 0 Å². The third-order valence-electron chi connectivity index (χ3n) is 4.03. The fraction of sp³-hybridized carbons (Fsp3) is 0.857. The standard InChI is InChI=1S/C14H25N3O/c1-14(2,11-16-13(18)5-4-8-15)12-6-9-17(3)10-7-12/h12H,4-7,9-11H2,1-3H3,(H,16,18). The van der Waals surface area contributed by atoms with Crippen molar-refractivity contribution in [2.75, 3.05) is 26.7 Å². The van der Waals surface area contributed by atoms with Crippen LogP contribution >= 0.6 is 0 Å². The molecule has 1 fully saturated rings. The predicted molar refractivity (Wildman–Crippen MR) is 71.9 cm³/mol. The maximum absolute atomic E-state index is 11.5. The van der Waals surface area contributed by atoms with Gasteiger partial charge in [-0.15, -0.1) is 0 Å². The molecule has 0 aromatic rings. The van der Waals surface area contributed by atoms with Crippen LogP contribution in [0, 0.1) is 22.7 Å². The number of amides is 1. The van der Waals surface area contributed by atoms with E-state index in [-0.39, 0.29) is 11.3 Å². The fourth-order valence-electron chi connectivity index (χ4n) is 2.52. The summed E-state index contributed by atoms with van der Waals surface area (Å²) in [5.74, 6) is 0.669. The quantitative estimate of drug-likeness (QED) is 0.810. The molecule has 0 spiro atoms. The Kier molecular flexibility index (Phi) is 5.61. The van der Waals surface area contributed by atoms with Crippen LogP contribution in [-0.2, 0) is 4.79 Å². The van der Waals surface area contributed by atoms with Crippen LogP contribution in [-0.4, -0.2) is 37.5 Å². The van der Waals surface area contributed by atoms with Crippen molar-refractivity contribution in [3.05, 3.63) is 0 Å². The molecule has 0 atom stereocenters. The van der Waals surface area contributed by atoms with Crippen molar-refractivity contribution < 1.29 is 4.79 Å². The van der Waals surface area contributed by atoms with Gasteiger partial charge < -0.3 is 10.2 Å². The van der Waals surface area contributed by atoms with Gasteiger partial charge in [0.2, 0.25) is 5.91 Å². The molecule has 102 valence electrons. The van der Waals surface area contributed by atoms with Crippen LogP contribution in [0.4, 0.5) is 0 Å². The molecule has 0 aliphatic carbocycles. The van der Waals surface area contributed by atoms with Gasteiger partial charge in [0, 0.05) is 19.4 Å². The van der Waals surface area contributed by atoms with Gasteiger partial charge in [0.05, 0.1) is 6.07 Å². The number of hydrogen-bond acceptors (Lipinski definition) is 3. The second-order valence-electron chi connectivity index (χ2n) is 6.00. The van der Waals surface area contributed by atoms with Crippen molar-refractivity contribution in [3.8, 4) is 6.07 Å². The Bertz CT molecular complexity index is 311. The number of nitriles is 1. The molecule has 0 radical (unpaired) electrons. The first-order chi connectivity index (χ1) is 8.45. The number of carbonyl (C=O) groups excluding carboxylic acids is 1. The largest absolute Gasteiger partial charge is 0.356 e. The van der Waals surface area contributed by atoms with Crippen molar-refractivity contribution in [1.29, 1.82) is 5.26 Å². The van der Waals surface area contributed by atoms with E-state index in [9.17, 15) is 4.79 Å². The summed E-state index contributed by atoms with van der Waals surface area (Å²) in [5.41, 5.74) is 0.142. The number of rotatable bonds is 5. The van der Waals surface area contributed by atoms with Crippen molar-refractivity contribution in [2.45, 2.75) is 39.5 Å². The predicted octanol–water partition coefficient (Wildman–Crippen LogP) is 1.77. The van der Waals surface area contributed by atoms with Crippen molar-refractivity contribution in [2.24, 2.45) is 11.3 Å². The van der Waals surface area contributed by atoms with Gasteiger partial charge in [0.25, 0.3) is 0 Å². The van der Waals surface area contributed by atoms with Crippen LogP contribution in [0.3, 0.4) is 0 Å². The summed E-state index contributed by atoms with van der Waals surface area (Å²) in [5, 5.41) is 11.4. The maximum Gasteiger partial charge on any atom is 0.221 e. The SMILES string of the molecule is CN1CCC(C(C)(C)CNC(=O)CCC#N)CC1. The topological polar surface area (TPSA) is 56.1 Å². The van der Waals surface area contributed by atoms with E-state index in [1.54, 1.807) is 0 Å². The molecule has 0 unspecified atom stereocenters. The lowest BCUT2D eigenvalue weighted by Gasteiger charge is -2.39. The summed E-state index contributed by atoms with van der Waals surface area (Å²) >= 11 is 0. The fourth-order valence-corrected chi connectivity index (χ4v) is 2.52. The minimum atomic E-state index is -0.00227. The monoisotopic (exact) mass is 251 g/mol. The number of nitrogens with one attached hydrogen (secondary N) is 1. The minimum Gasteiger partial charge on any atom is -0.356 e. The minimum absolute atomic E-state index is 0.00227. The highest BCUT2D eigenvalue weighted by Crippen LogP contribution is 2.34. The van der Waals surface area contributed by atoms with Gasteiger partial charge in [0.1, 0.15) is 0 Å². The van der Waals surface area contributed by atoms with Crippen LogP contribution < -0.4 is 5.32 Å². The zero-order valence-corrected chi connectivity index (χ0v) is 11.8. The number of carbonyl (C=O) groups is 1. The second kappa shape index (κ2) is 6.75. The summed E-state index contributed by atoms with van der Waals surface area (Å²) in [6.45, 7) is 7.47. The van der Waals surface area contributed by atoms with Crippen molar-refractivity contribution >= 4 is 5.91 Å². The number of hydrogen-bond donors (Lipinski definition) is 1. The molecule has 1 aliphatic heterocycles. The Morgan fingerprint density at radius 2 is 2.06 bits per heavy atom. The van der Waals surface area contributed by atoms with E-state index < -0.39 is 0 Å². The Hall–Kier alpha value is -1.08. The van der Waals surface area contributed by atoms with Crippen LogP contribution in [0.5, 0.6) is 0 Å². The van der Waals surface area contributed by atoms with E-state index in [0.29, 0.717) is 25.3 Å². The van der Waals surface area contributed by atoms with E-state index in [1.807, 2.05) is 6.07 Å². The van der Waals surface area contributed by atoms with Gasteiger partial charge in [-0.1, -0.05) is 13.8 Å². The second-order valence-corrected chi connectivity index (χ2v) is 6.00. The molecule has 4 heteroatoms. The summed E-state index contributed by atoms with van der Waals surface area (Å²) in [4.78, 5) is 13.9. The van der Waals surface area contributed by atoms with Gasteiger partial charge in [-0.3, -0.25) is 4.79 Å². The highest BCUT2D eigenvalue weighted by molar-refractivity contribution is 5.76. The van der Waals surface area contributed by atoms with Crippen LogP contribution in [0.15, 0.2) is 0 Å². The molecule has 1 N–H and O–H groups in total. The Labute approximate surface area is 110 Å². The van der Waals surface area contributed by atoms with Crippen molar-refractivity contribution in [3.63, 3.8) is 0 Å². The number of piperidine rings is 1. The van der Waals surface area contributed by atoms with E-state index >= 15 is 0 Å². The van der Waals surface area contributed by atoms with Crippen LogP contribution in [0.25, 0.3) is 0 Å². The molecule has 18 heavy (non-hydrogen) atoms. The molecule has 0 saturated carbocycles. The molecule has 0 bridgehead atoms. The van der Waals surface area contributed by atoms with E-state index in [2.05, 4.69) is 31.1 Å². The Balaban J connectivity index is 2.35. The van der Waals surface area contributed by atoms with Gasteiger partial charge in [-0.25, -0.2) is 0 Å². The maximum atomic E-state index is 11.5. The lowest BCUT2D eigenvalue weighted by atomic mass is 9.73. The molecule has 0 aromatic heterocycles. The first kappa shape index (κ1) is 15.0. The van der Waals surface area contributed by atoms with Gasteiger partial charge in [-0.05, 0) is 44.3 Å². The molecule has 1 heterocycles. The summed E-state index contributed by atoms with van der Waals surface area (Å²) in [6.07, 6.45) is 3.04. The molecule has 4 nitrogen and oxygen atoms in total. The lowest BCUT2D eigenvalue weighted by Crippen LogP contribution is -2.43.